The molecule has 1 amide bonds. The summed E-state index contributed by atoms with van der Waals surface area (Å²) < 4.78 is 0.751. The van der Waals surface area contributed by atoms with E-state index in [0.717, 1.165) is 9.47 Å². The van der Waals surface area contributed by atoms with Crippen LogP contribution in [0.2, 0.25) is 0 Å². The Morgan fingerprint density at radius 3 is 2.69 bits per heavy atom. The van der Waals surface area contributed by atoms with Gasteiger partial charge in [-0.1, -0.05) is 35.2 Å². The number of para-hydroxylation sites is 2. The first-order valence-corrected chi connectivity index (χ1v) is 9.79. The van der Waals surface area contributed by atoms with E-state index in [1.165, 1.54) is 29.2 Å². The summed E-state index contributed by atoms with van der Waals surface area (Å²) in [5.41, 5.74) is 0.701. The van der Waals surface area contributed by atoms with Crippen molar-refractivity contribution in [3.63, 3.8) is 0 Å². The molecule has 0 saturated carbocycles. The van der Waals surface area contributed by atoms with Crippen LogP contribution in [-0.2, 0) is 4.79 Å². The number of carbonyl (C=O) groups excluding carboxylic acids is 1. The van der Waals surface area contributed by atoms with Crippen LogP contribution in [-0.4, -0.2) is 64.9 Å². The molecule has 1 aromatic carbocycles. The zero-order chi connectivity index (χ0) is 18.5. The maximum atomic E-state index is 12.4. The van der Waals surface area contributed by atoms with Crippen LogP contribution in [0.1, 0.15) is 0 Å². The molecule has 26 heavy (non-hydrogen) atoms. The number of benzene rings is 1. The van der Waals surface area contributed by atoms with E-state index in [9.17, 15) is 14.9 Å². The maximum Gasteiger partial charge on any atom is 0.292 e. The molecular weight excluding hydrogens is 376 g/mol. The highest BCUT2D eigenvalue weighted by Gasteiger charge is 2.25. The first-order valence-electron chi connectivity index (χ1n) is 7.98. The summed E-state index contributed by atoms with van der Waals surface area (Å²) in [4.78, 5) is 26.9. The van der Waals surface area contributed by atoms with Gasteiger partial charge in [-0.15, -0.1) is 10.2 Å². The summed E-state index contributed by atoms with van der Waals surface area (Å²) in [6.45, 7) is 2.24. The highest BCUT2D eigenvalue weighted by atomic mass is 32.2. The van der Waals surface area contributed by atoms with Crippen molar-refractivity contribution in [3.8, 4) is 0 Å². The van der Waals surface area contributed by atoms with Crippen LogP contribution >= 0.6 is 23.1 Å². The minimum Gasteiger partial charge on any atom is -0.363 e. The molecule has 2 heterocycles. The van der Waals surface area contributed by atoms with Gasteiger partial charge in [-0.2, -0.15) is 0 Å². The van der Waals surface area contributed by atoms with Crippen molar-refractivity contribution in [2.75, 3.05) is 49.2 Å². The maximum absolute atomic E-state index is 12.4. The second kappa shape index (κ2) is 8.32. The van der Waals surface area contributed by atoms with Crippen LogP contribution in [0.4, 0.5) is 16.5 Å². The summed E-state index contributed by atoms with van der Waals surface area (Å²) in [6.07, 6.45) is 0. The lowest BCUT2D eigenvalue weighted by Gasteiger charge is -2.35. The average molecular weight is 394 g/mol. The Balaban J connectivity index is 1.53. The van der Waals surface area contributed by atoms with E-state index in [2.05, 4.69) is 15.5 Å². The van der Waals surface area contributed by atoms with Crippen LogP contribution in [0.25, 0.3) is 0 Å². The smallest absolute Gasteiger partial charge is 0.292 e. The summed E-state index contributed by atoms with van der Waals surface area (Å²) in [5, 5.41) is 22.8. The normalized spacial score (nSPS) is 14.3. The van der Waals surface area contributed by atoms with Crippen LogP contribution in [0, 0.1) is 10.1 Å². The van der Waals surface area contributed by atoms with Gasteiger partial charge >= 0.3 is 0 Å². The van der Waals surface area contributed by atoms with Crippen molar-refractivity contribution >= 4 is 45.5 Å². The molecule has 0 radical (unpaired) electrons. The van der Waals surface area contributed by atoms with Crippen molar-refractivity contribution in [2.24, 2.45) is 0 Å². The summed E-state index contributed by atoms with van der Waals surface area (Å²) in [7, 11) is 1.77. The number of nitrogens with zero attached hydrogens (tertiary/aromatic N) is 5. The second-order valence-electron chi connectivity index (χ2n) is 5.53. The number of nitro benzene ring substituents is 1. The number of carbonyl (C=O) groups is 1. The Morgan fingerprint density at radius 2 is 2.04 bits per heavy atom. The van der Waals surface area contributed by atoms with Gasteiger partial charge in [0.15, 0.2) is 4.34 Å². The molecule has 0 spiro atoms. The highest BCUT2D eigenvalue weighted by Crippen LogP contribution is 2.29. The lowest BCUT2D eigenvalue weighted by atomic mass is 10.2. The Morgan fingerprint density at radius 1 is 1.31 bits per heavy atom. The number of thioether (sulfide) groups is 1. The van der Waals surface area contributed by atoms with Gasteiger partial charge in [-0.05, 0) is 6.07 Å². The van der Waals surface area contributed by atoms with Crippen molar-refractivity contribution in [2.45, 2.75) is 4.34 Å². The number of nitrogens with one attached hydrogen (secondary N) is 1. The van der Waals surface area contributed by atoms with E-state index >= 15 is 0 Å². The van der Waals surface area contributed by atoms with Crippen LogP contribution in [0.5, 0.6) is 0 Å². The lowest BCUT2D eigenvalue weighted by molar-refractivity contribution is -0.384. The molecule has 0 bridgehead atoms. The standard InChI is InChI=1S/C15H18N6O3S2/c1-16-14-17-18-15(26-14)25-10-13(22)20-8-6-19(7-9-20)11-4-2-3-5-12(11)21(23)24/h2-5H,6-10H2,1H3,(H,16,17). The fraction of sp³-hybridized carbons (Fsp3) is 0.400. The Hall–Kier alpha value is -2.40. The number of hydrogen-bond acceptors (Lipinski definition) is 9. The van der Waals surface area contributed by atoms with Gasteiger partial charge in [0.05, 0.1) is 10.7 Å². The summed E-state index contributed by atoms with van der Waals surface area (Å²) >= 11 is 2.78. The quantitative estimate of drug-likeness (QED) is 0.450. The van der Waals surface area contributed by atoms with Crippen LogP contribution in [0.15, 0.2) is 28.6 Å². The fourth-order valence-corrected chi connectivity index (χ4v) is 4.27. The van der Waals surface area contributed by atoms with Gasteiger partial charge < -0.3 is 15.1 Å². The molecule has 2 aromatic rings. The third kappa shape index (κ3) is 4.22. The molecule has 138 valence electrons. The van der Waals surface area contributed by atoms with Crippen molar-refractivity contribution < 1.29 is 9.72 Å². The van der Waals surface area contributed by atoms with Crippen LogP contribution < -0.4 is 10.2 Å². The second-order valence-corrected chi connectivity index (χ2v) is 7.73. The van der Waals surface area contributed by atoms with Crippen LogP contribution in [0.3, 0.4) is 0 Å². The number of nitro groups is 1. The van der Waals surface area contributed by atoms with Gasteiger partial charge in [0.1, 0.15) is 5.69 Å². The molecule has 1 aliphatic heterocycles. The van der Waals surface area contributed by atoms with Gasteiger partial charge in [-0.3, -0.25) is 14.9 Å². The Bertz CT molecular complexity index is 791. The Kier molecular flexibility index (Phi) is 5.89. The van der Waals surface area contributed by atoms with E-state index in [4.69, 9.17) is 0 Å². The van der Waals surface area contributed by atoms with Gasteiger partial charge in [0.25, 0.3) is 5.69 Å². The zero-order valence-electron chi connectivity index (χ0n) is 14.1. The number of hydrogen-bond donors (Lipinski definition) is 1. The summed E-state index contributed by atoms with van der Waals surface area (Å²) in [5.74, 6) is 0.350. The van der Waals surface area contributed by atoms with E-state index in [0.29, 0.717) is 37.6 Å². The van der Waals surface area contributed by atoms with Crippen molar-refractivity contribution in [1.29, 1.82) is 0 Å². The lowest BCUT2D eigenvalue weighted by Crippen LogP contribution is -2.49. The third-order valence-corrected chi connectivity index (χ3v) is 6.05. The SMILES string of the molecule is CNc1nnc(SCC(=O)N2CCN(c3ccccc3[N+](=O)[O-])CC2)s1. The van der Waals surface area contributed by atoms with Crippen molar-refractivity contribution in [1.82, 2.24) is 15.1 Å². The van der Waals surface area contributed by atoms with Crippen molar-refractivity contribution in [3.05, 3.63) is 34.4 Å². The molecule has 3 rings (SSSR count). The first kappa shape index (κ1) is 18.4. The summed E-state index contributed by atoms with van der Waals surface area (Å²) in [6, 6.07) is 6.70. The number of rotatable bonds is 6. The number of aromatic nitrogens is 2. The highest BCUT2D eigenvalue weighted by molar-refractivity contribution is 8.01. The predicted octanol–water partition coefficient (Wildman–Crippen LogP) is 1.93. The van der Waals surface area contributed by atoms with E-state index in [1.807, 2.05) is 4.90 Å². The fourth-order valence-electron chi connectivity index (χ4n) is 2.67. The minimum absolute atomic E-state index is 0.0402. The molecule has 0 aliphatic carbocycles. The van der Waals surface area contributed by atoms with Gasteiger partial charge in [0, 0.05) is 39.3 Å². The Labute approximate surface area is 158 Å². The van der Waals surface area contributed by atoms with E-state index in [1.54, 1.807) is 30.1 Å². The molecule has 0 unspecified atom stereocenters. The largest absolute Gasteiger partial charge is 0.363 e. The molecular formula is C15H18N6O3S2. The zero-order valence-corrected chi connectivity index (χ0v) is 15.8. The minimum atomic E-state index is -0.370. The van der Waals surface area contributed by atoms with Gasteiger partial charge in [0.2, 0.25) is 11.0 Å². The molecule has 9 nitrogen and oxygen atoms in total. The topological polar surface area (TPSA) is 104 Å². The monoisotopic (exact) mass is 394 g/mol. The van der Waals surface area contributed by atoms with E-state index < -0.39 is 0 Å². The van der Waals surface area contributed by atoms with Gasteiger partial charge in [-0.25, -0.2) is 0 Å². The molecule has 0 atom stereocenters. The molecule has 11 heteroatoms. The number of anilines is 2. The molecule has 1 fully saturated rings. The third-order valence-electron chi connectivity index (χ3n) is 3.99. The molecule has 1 saturated heterocycles. The molecule has 1 N–H and O–H groups in total. The molecule has 1 aromatic heterocycles. The predicted molar refractivity (Wildman–Crippen MR) is 102 cm³/mol. The number of amides is 1. The molecule has 1 aliphatic rings. The van der Waals surface area contributed by atoms with E-state index in [-0.39, 0.29) is 16.5 Å². The average Bonchev–Trinajstić information content (AvgIpc) is 3.14. The number of piperazine rings is 1. The first-order chi connectivity index (χ1) is 12.6.